The zero-order valence-corrected chi connectivity index (χ0v) is 32.4. The average Bonchev–Trinajstić information content (AvgIpc) is 3.71. The molecule has 0 fully saturated rings. The van der Waals surface area contributed by atoms with Crippen LogP contribution in [0.25, 0.3) is 28.1 Å². The molecule has 2 unspecified atom stereocenters. The van der Waals surface area contributed by atoms with Gasteiger partial charge in [0.25, 0.3) is 5.91 Å². The summed E-state index contributed by atoms with van der Waals surface area (Å²) < 4.78 is 12.6. The summed E-state index contributed by atoms with van der Waals surface area (Å²) in [6.07, 6.45) is 13.7. The van der Waals surface area contributed by atoms with Crippen molar-refractivity contribution in [1.29, 1.82) is 5.41 Å². The van der Waals surface area contributed by atoms with E-state index >= 15 is 4.79 Å². The molecule has 0 saturated heterocycles. The molecule has 1 aliphatic heterocycles. The maximum Gasteiger partial charge on any atom is 0.275 e. The minimum atomic E-state index is -0.0575. The van der Waals surface area contributed by atoms with Crippen LogP contribution in [0, 0.1) is 19.3 Å². The normalized spacial score (nSPS) is 20.2. The first-order valence-electron chi connectivity index (χ1n) is 17.9. The molecule has 3 aliphatic rings. The lowest BCUT2D eigenvalue weighted by atomic mass is 9.97. The van der Waals surface area contributed by atoms with Gasteiger partial charge in [-0.1, -0.05) is 47.0 Å². The smallest absolute Gasteiger partial charge is 0.275 e. The second-order valence-corrected chi connectivity index (χ2v) is 15.1. The van der Waals surface area contributed by atoms with Gasteiger partial charge in [0.15, 0.2) is 0 Å². The molecule has 272 valence electrons. The number of halogens is 2. The summed E-state index contributed by atoms with van der Waals surface area (Å²) in [5.41, 5.74) is 14.9. The van der Waals surface area contributed by atoms with E-state index in [0.717, 1.165) is 91.2 Å². The molecule has 7 rings (SSSR count). The highest BCUT2D eigenvalue weighted by molar-refractivity contribution is 6.35. The maximum absolute atomic E-state index is 15.1. The van der Waals surface area contributed by atoms with Gasteiger partial charge in [0, 0.05) is 90.6 Å². The summed E-state index contributed by atoms with van der Waals surface area (Å²) in [7, 11) is 3.97. The van der Waals surface area contributed by atoms with Crippen molar-refractivity contribution in [2.45, 2.75) is 78.5 Å². The van der Waals surface area contributed by atoms with E-state index in [2.05, 4.69) is 70.9 Å². The molecule has 3 atom stereocenters. The first-order valence-corrected chi connectivity index (χ1v) is 18.6. The van der Waals surface area contributed by atoms with Gasteiger partial charge in [-0.15, -0.1) is 0 Å². The molecule has 2 N–H and O–H groups in total. The zero-order chi connectivity index (χ0) is 37.0. The molecule has 4 aromatic rings. The minimum absolute atomic E-state index is 0.0197. The fraction of sp³-hybridized carbons (Fsp3) is 0.400. The number of hydrogen-bond donors (Lipinski definition) is 2. The molecule has 2 aliphatic carbocycles. The zero-order valence-electron chi connectivity index (χ0n) is 30.8. The van der Waals surface area contributed by atoms with E-state index in [4.69, 9.17) is 38.4 Å². The Morgan fingerprint density at radius 1 is 1.13 bits per heavy atom. The summed E-state index contributed by atoms with van der Waals surface area (Å²) in [4.78, 5) is 17.1. The Kier molecular flexibility index (Phi) is 9.84. The third-order valence-corrected chi connectivity index (χ3v) is 11.7. The van der Waals surface area contributed by atoms with Crippen LogP contribution in [0.1, 0.15) is 78.4 Å². The highest BCUT2D eigenvalue weighted by atomic mass is 35.5. The lowest BCUT2D eigenvalue weighted by molar-refractivity contribution is 0.0820. The van der Waals surface area contributed by atoms with Gasteiger partial charge in [0.2, 0.25) is 0 Å². The summed E-state index contributed by atoms with van der Waals surface area (Å²) in [5, 5.41) is 18.7. The average molecular weight is 742 g/mol. The van der Waals surface area contributed by atoms with Crippen LogP contribution in [0.15, 0.2) is 51.8 Å². The number of carbonyl (C=O) groups excluding carboxylic acids is 1. The number of benzene rings is 1. The standard InChI is InChI=1S/C40H46Cl2N8O2/c1-22-17-28(18-23(2)37(22)42)52-16-8-9-29-30-11-12-32(41)36(35-25(4)46-48(7)26(35)5)38(30)50-24(3)20-49(40(51)39(29)50)34-21-47(6)33-13-10-27(19-31(33)34)45-44-15-14-43/h10-15,17,21,24,27-28,43,45H,8-9,16,18-20H2,1-7H3/b43-14?,44-15-/t24-,27?,28?/m1/s1. The van der Waals surface area contributed by atoms with Crippen molar-refractivity contribution < 1.29 is 9.53 Å². The Bertz CT molecular complexity index is 2230. The van der Waals surface area contributed by atoms with Crippen LogP contribution in [0.5, 0.6) is 0 Å². The molecule has 3 aromatic heterocycles. The third-order valence-electron chi connectivity index (χ3n) is 10.8. The Morgan fingerprint density at radius 3 is 2.63 bits per heavy atom. The number of amides is 1. The highest BCUT2D eigenvalue weighted by Gasteiger charge is 2.38. The molecule has 0 radical (unpaired) electrons. The Hall–Kier alpha value is -4.38. The van der Waals surface area contributed by atoms with E-state index in [0.29, 0.717) is 36.7 Å². The number of anilines is 1. The molecule has 10 nitrogen and oxygen atoms in total. The van der Waals surface area contributed by atoms with E-state index in [-0.39, 0.29) is 24.1 Å². The van der Waals surface area contributed by atoms with Crippen LogP contribution >= 0.6 is 23.2 Å². The minimum Gasteiger partial charge on any atom is -0.374 e. The fourth-order valence-corrected chi connectivity index (χ4v) is 8.72. The van der Waals surface area contributed by atoms with E-state index < -0.39 is 0 Å². The molecule has 12 heteroatoms. The van der Waals surface area contributed by atoms with Gasteiger partial charge in [0.1, 0.15) is 5.69 Å². The van der Waals surface area contributed by atoms with E-state index in [1.54, 1.807) is 0 Å². The van der Waals surface area contributed by atoms with Gasteiger partial charge in [0.05, 0.1) is 40.3 Å². The molecule has 52 heavy (non-hydrogen) atoms. The number of allylic oxidation sites excluding steroid dienone is 2. The van der Waals surface area contributed by atoms with Crippen LogP contribution in [0.3, 0.4) is 0 Å². The van der Waals surface area contributed by atoms with Crippen molar-refractivity contribution in [3.63, 3.8) is 0 Å². The Morgan fingerprint density at radius 2 is 1.92 bits per heavy atom. The largest absolute Gasteiger partial charge is 0.374 e. The van der Waals surface area contributed by atoms with Crippen molar-refractivity contribution in [2.24, 2.45) is 19.2 Å². The molecule has 0 bridgehead atoms. The van der Waals surface area contributed by atoms with Crippen molar-refractivity contribution in [2.75, 3.05) is 18.1 Å². The van der Waals surface area contributed by atoms with Crippen LogP contribution in [-0.4, -0.2) is 62.5 Å². The number of hydrogen-bond acceptors (Lipinski definition) is 6. The lowest BCUT2D eigenvalue weighted by Crippen LogP contribution is -2.43. The molecule has 4 heterocycles. The van der Waals surface area contributed by atoms with Crippen LogP contribution in [0.2, 0.25) is 5.02 Å². The van der Waals surface area contributed by atoms with Crippen molar-refractivity contribution in [3.05, 3.63) is 85.6 Å². The SMILES string of the molecule is CC1=CC(OCCCc2c3n(c4c(-c5c(C)nn(C)c5C)c(Cl)ccc24)[C@H](C)CN(c2cn(C)c4c2CC(N/N=C\C=N)C=C4)C3=O)CC(C)=C1Cl. The Balaban J connectivity index is 1.31. The summed E-state index contributed by atoms with van der Waals surface area (Å²) in [5.74, 6) is -0.0255. The first kappa shape index (κ1) is 36.0. The lowest BCUT2D eigenvalue weighted by Gasteiger charge is -2.35. The topological polar surface area (TPSA) is 105 Å². The summed E-state index contributed by atoms with van der Waals surface area (Å²) in [6, 6.07) is 3.94. The van der Waals surface area contributed by atoms with Crippen LogP contribution < -0.4 is 10.3 Å². The van der Waals surface area contributed by atoms with Gasteiger partial charge in [-0.3, -0.25) is 9.48 Å². The van der Waals surface area contributed by atoms with Gasteiger partial charge in [-0.05, 0) is 77.2 Å². The number of hydrazone groups is 1. The molecule has 0 spiro atoms. The fourth-order valence-electron chi connectivity index (χ4n) is 8.33. The highest BCUT2D eigenvalue weighted by Crippen LogP contribution is 2.46. The molecule has 1 amide bonds. The molecular weight excluding hydrogens is 695 g/mol. The first-order chi connectivity index (χ1) is 24.9. The monoisotopic (exact) mass is 740 g/mol. The summed E-state index contributed by atoms with van der Waals surface area (Å²) in [6.45, 7) is 11.4. The van der Waals surface area contributed by atoms with Crippen molar-refractivity contribution in [3.8, 4) is 11.1 Å². The second kappa shape index (κ2) is 14.2. The van der Waals surface area contributed by atoms with Crippen LogP contribution in [0.4, 0.5) is 5.69 Å². The Labute approximate surface area is 314 Å². The molecular formula is C40H46Cl2N8O2. The van der Waals surface area contributed by atoms with Crippen molar-refractivity contribution >= 4 is 64.2 Å². The number of aryl methyl sites for hydroxylation is 4. The maximum atomic E-state index is 15.1. The molecule has 0 saturated carbocycles. The van der Waals surface area contributed by atoms with E-state index in [1.165, 1.54) is 6.21 Å². The number of nitrogens with zero attached hydrogens (tertiary/aromatic N) is 6. The van der Waals surface area contributed by atoms with Crippen molar-refractivity contribution in [1.82, 2.24) is 24.3 Å². The van der Waals surface area contributed by atoms with Gasteiger partial charge < -0.3 is 29.6 Å². The number of rotatable bonds is 10. The number of fused-ring (bicyclic) bond motifs is 4. The third kappa shape index (κ3) is 6.14. The summed E-state index contributed by atoms with van der Waals surface area (Å²) >= 11 is 13.6. The molecule has 1 aromatic carbocycles. The van der Waals surface area contributed by atoms with Gasteiger partial charge in [-0.25, -0.2) is 0 Å². The van der Waals surface area contributed by atoms with E-state index in [1.807, 2.05) is 43.6 Å². The van der Waals surface area contributed by atoms with E-state index in [9.17, 15) is 0 Å². The predicted octanol–water partition coefficient (Wildman–Crippen LogP) is 8.22. The number of nitrogens with one attached hydrogen (secondary N) is 2. The number of aromatic nitrogens is 4. The van der Waals surface area contributed by atoms with Gasteiger partial charge >= 0.3 is 0 Å². The second-order valence-electron chi connectivity index (χ2n) is 14.3. The predicted molar refractivity (Wildman–Crippen MR) is 212 cm³/mol. The van der Waals surface area contributed by atoms with Gasteiger partial charge in [-0.2, -0.15) is 10.2 Å². The quantitative estimate of drug-likeness (QED) is 0.0971. The van der Waals surface area contributed by atoms with Crippen LogP contribution in [-0.2, 0) is 31.7 Å². The number of ether oxygens (including phenoxy) is 1. The number of carbonyl (C=O) groups is 1.